The molecule has 3 nitrogen and oxygen atoms in total. The molecule has 0 aromatic heterocycles. The number of morpholine rings is 1. The maximum absolute atomic E-state index is 5.41. The Morgan fingerprint density at radius 1 is 1.33 bits per heavy atom. The van der Waals surface area contributed by atoms with E-state index in [0.717, 1.165) is 26.4 Å². The minimum atomic E-state index is 0.332. The van der Waals surface area contributed by atoms with Gasteiger partial charge in [-0.2, -0.15) is 0 Å². The monoisotopic (exact) mass is 129 g/mol. The third kappa shape index (κ3) is 0.956. The summed E-state index contributed by atoms with van der Waals surface area (Å²) in [6.07, 6.45) is 0.332. The summed E-state index contributed by atoms with van der Waals surface area (Å²) in [5, 5.41) is 3.33. The molecule has 0 bridgehead atoms. The second kappa shape index (κ2) is 2.25. The van der Waals surface area contributed by atoms with Gasteiger partial charge in [0.1, 0.15) is 0 Å². The van der Waals surface area contributed by atoms with Crippen LogP contribution in [0, 0.1) is 0 Å². The van der Waals surface area contributed by atoms with Crippen LogP contribution in [0.2, 0.25) is 0 Å². The van der Waals surface area contributed by atoms with Gasteiger partial charge in [-0.15, -0.1) is 0 Å². The molecule has 2 atom stereocenters. The van der Waals surface area contributed by atoms with Crippen molar-refractivity contribution in [2.75, 3.05) is 26.4 Å². The molecule has 0 aliphatic carbocycles. The lowest BCUT2D eigenvalue weighted by atomic mass is 10.2. The van der Waals surface area contributed by atoms with Crippen LogP contribution >= 0.6 is 0 Å². The summed E-state index contributed by atoms with van der Waals surface area (Å²) in [6.45, 7) is 3.41. The van der Waals surface area contributed by atoms with Crippen LogP contribution in [0.1, 0.15) is 0 Å². The van der Waals surface area contributed by atoms with E-state index in [1.54, 1.807) is 0 Å². The molecular formula is C6H11NO2. The van der Waals surface area contributed by atoms with E-state index in [2.05, 4.69) is 5.32 Å². The van der Waals surface area contributed by atoms with Crippen molar-refractivity contribution in [1.29, 1.82) is 0 Å². The molecule has 2 aliphatic heterocycles. The smallest absolute Gasteiger partial charge is 0.0984 e. The first kappa shape index (κ1) is 5.65. The largest absolute Gasteiger partial charge is 0.377 e. The Bertz CT molecular complexity index is 95.2. The number of hydrogen-bond donors (Lipinski definition) is 1. The van der Waals surface area contributed by atoms with Crippen LogP contribution in [0.25, 0.3) is 0 Å². The fraction of sp³-hybridized carbons (Fsp3) is 1.00. The minimum absolute atomic E-state index is 0.332. The number of nitrogens with one attached hydrogen (secondary N) is 1. The predicted molar refractivity (Wildman–Crippen MR) is 32.3 cm³/mol. The van der Waals surface area contributed by atoms with Crippen LogP contribution in [-0.4, -0.2) is 38.5 Å². The van der Waals surface area contributed by atoms with E-state index in [-0.39, 0.29) is 0 Å². The highest BCUT2D eigenvalue weighted by Gasteiger charge is 2.30. The highest BCUT2D eigenvalue weighted by Crippen LogP contribution is 2.11. The van der Waals surface area contributed by atoms with Gasteiger partial charge in [0, 0.05) is 6.54 Å². The van der Waals surface area contributed by atoms with Crippen LogP contribution in [0.5, 0.6) is 0 Å². The van der Waals surface area contributed by atoms with Crippen molar-refractivity contribution >= 4 is 0 Å². The molecule has 0 spiro atoms. The first-order valence-electron chi connectivity index (χ1n) is 3.39. The zero-order chi connectivity index (χ0) is 6.10. The van der Waals surface area contributed by atoms with E-state index < -0.39 is 0 Å². The average molecular weight is 129 g/mol. The number of rotatable bonds is 0. The zero-order valence-electron chi connectivity index (χ0n) is 5.30. The maximum atomic E-state index is 5.41. The summed E-state index contributed by atoms with van der Waals surface area (Å²) in [6, 6.07) is 0.471. The van der Waals surface area contributed by atoms with E-state index in [4.69, 9.17) is 9.47 Å². The van der Waals surface area contributed by atoms with E-state index in [1.165, 1.54) is 0 Å². The van der Waals surface area contributed by atoms with Crippen LogP contribution in [0.4, 0.5) is 0 Å². The van der Waals surface area contributed by atoms with Crippen molar-refractivity contribution < 1.29 is 9.47 Å². The van der Waals surface area contributed by atoms with Crippen LogP contribution in [-0.2, 0) is 9.47 Å². The average Bonchev–Trinajstić information content (AvgIpc) is 2.33. The molecule has 2 rings (SSSR count). The lowest BCUT2D eigenvalue weighted by Gasteiger charge is -2.24. The Morgan fingerprint density at radius 2 is 2.33 bits per heavy atom. The highest BCUT2D eigenvalue weighted by molar-refractivity contribution is 4.84. The summed E-state index contributed by atoms with van der Waals surface area (Å²) in [5.41, 5.74) is 0. The molecule has 0 amide bonds. The third-order valence-corrected chi connectivity index (χ3v) is 1.87. The Labute approximate surface area is 54.3 Å². The second-order valence-corrected chi connectivity index (χ2v) is 2.51. The lowest BCUT2D eigenvalue weighted by molar-refractivity contribution is 0.0115. The van der Waals surface area contributed by atoms with Crippen molar-refractivity contribution in [3.63, 3.8) is 0 Å². The van der Waals surface area contributed by atoms with Crippen LogP contribution in [0.15, 0.2) is 0 Å². The van der Waals surface area contributed by atoms with Gasteiger partial charge in [-0.3, -0.25) is 0 Å². The van der Waals surface area contributed by atoms with E-state index >= 15 is 0 Å². The van der Waals surface area contributed by atoms with Gasteiger partial charge >= 0.3 is 0 Å². The summed E-state index contributed by atoms with van der Waals surface area (Å²) in [5.74, 6) is 0. The quantitative estimate of drug-likeness (QED) is 0.472. The van der Waals surface area contributed by atoms with Crippen molar-refractivity contribution in [3.05, 3.63) is 0 Å². The molecule has 0 unspecified atom stereocenters. The first-order chi connectivity index (χ1) is 4.47. The molecule has 0 aromatic carbocycles. The zero-order valence-corrected chi connectivity index (χ0v) is 5.30. The summed E-state index contributed by atoms with van der Waals surface area (Å²) < 4.78 is 10.6. The minimum Gasteiger partial charge on any atom is -0.377 e. The standard InChI is InChI=1S/C6H11NO2/c1-2-9-6-4-8-3-5(6)7-1/h5-7H,1-4H2/t5-,6-/m0/s1. The van der Waals surface area contributed by atoms with Gasteiger partial charge in [0.15, 0.2) is 0 Å². The summed E-state index contributed by atoms with van der Waals surface area (Å²) in [4.78, 5) is 0. The molecule has 2 aliphatic rings. The summed E-state index contributed by atoms with van der Waals surface area (Å²) in [7, 11) is 0. The second-order valence-electron chi connectivity index (χ2n) is 2.51. The molecule has 9 heavy (non-hydrogen) atoms. The summed E-state index contributed by atoms with van der Waals surface area (Å²) >= 11 is 0. The molecule has 2 fully saturated rings. The van der Waals surface area contributed by atoms with Crippen molar-refractivity contribution in [3.8, 4) is 0 Å². The predicted octanol–water partition coefficient (Wildman–Crippen LogP) is -0.626. The van der Waals surface area contributed by atoms with Gasteiger partial charge in [0.25, 0.3) is 0 Å². The fourth-order valence-electron chi connectivity index (χ4n) is 1.34. The normalized spacial score (nSPS) is 42.7. The van der Waals surface area contributed by atoms with Gasteiger partial charge in [-0.05, 0) is 0 Å². The number of ether oxygens (including phenoxy) is 2. The SMILES string of the molecule is C1CO[C@H]2COC[C@@H]2N1. The van der Waals surface area contributed by atoms with Gasteiger partial charge < -0.3 is 14.8 Å². The first-order valence-corrected chi connectivity index (χ1v) is 3.39. The molecule has 0 radical (unpaired) electrons. The van der Waals surface area contributed by atoms with E-state index in [0.29, 0.717) is 12.1 Å². The third-order valence-electron chi connectivity index (χ3n) is 1.87. The number of hydrogen-bond acceptors (Lipinski definition) is 3. The fourth-order valence-corrected chi connectivity index (χ4v) is 1.34. The Morgan fingerprint density at radius 3 is 3.22 bits per heavy atom. The Balaban J connectivity index is 1.97. The molecule has 2 heterocycles. The topological polar surface area (TPSA) is 30.5 Å². The Kier molecular flexibility index (Phi) is 1.41. The van der Waals surface area contributed by atoms with Crippen LogP contribution in [0.3, 0.4) is 0 Å². The molecule has 0 saturated carbocycles. The van der Waals surface area contributed by atoms with Gasteiger partial charge in [0.05, 0.1) is 32.0 Å². The van der Waals surface area contributed by atoms with Crippen molar-refractivity contribution in [1.82, 2.24) is 5.32 Å². The molecular weight excluding hydrogens is 118 g/mol. The molecule has 1 N–H and O–H groups in total. The van der Waals surface area contributed by atoms with Gasteiger partial charge in [-0.25, -0.2) is 0 Å². The van der Waals surface area contributed by atoms with E-state index in [1.807, 2.05) is 0 Å². The maximum Gasteiger partial charge on any atom is 0.0984 e. The molecule has 3 heteroatoms. The molecule has 0 aromatic rings. The van der Waals surface area contributed by atoms with Crippen LogP contribution < -0.4 is 5.32 Å². The van der Waals surface area contributed by atoms with Crippen molar-refractivity contribution in [2.45, 2.75) is 12.1 Å². The van der Waals surface area contributed by atoms with Gasteiger partial charge in [-0.1, -0.05) is 0 Å². The van der Waals surface area contributed by atoms with Gasteiger partial charge in [0.2, 0.25) is 0 Å². The highest BCUT2D eigenvalue weighted by atomic mass is 16.5. The van der Waals surface area contributed by atoms with Crippen molar-refractivity contribution in [2.24, 2.45) is 0 Å². The van der Waals surface area contributed by atoms with E-state index in [9.17, 15) is 0 Å². The number of fused-ring (bicyclic) bond motifs is 1. The molecule has 52 valence electrons. The molecule has 2 saturated heterocycles. The Hall–Kier alpha value is -0.120. The lowest BCUT2D eigenvalue weighted by Crippen LogP contribution is -2.47.